The largest absolute Gasteiger partial charge is 0.481 e. The highest BCUT2D eigenvalue weighted by molar-refractivity contribution is 5.77. The van der Waals surface area contributed by atoms with E-state index in [1.54, 1.807) is 0 Å². The normalized spacial score (nSPS) is 30.0. The van der Waals surface area contributed by atoms with Crippen LogP contribution >= 0.6 is 0 Å². The summed E-state index contributed by atoms with van der Waals surface area (Å²) in [7, 11) is 0. The van der Waals surface area contributed by atoms with Gasteiger partial charge in [0, 0.05) is 5.92 Å². The highest BCUT2D eigenvalue weighted by atomic mass is 16.4. The maximum atomic E-state index is 10.8. The van der Waals surface area contributed by atoms with Crippen molar-refractivity contribution >= 4 is 5.97 Å². The Kier molecular flexibility index (Phi) is 1.43. The molecule has 2 unspecified atom stereocenters. The molecule has 1 aliphatic carbocycles. The van der Waals surface area contributed by atoms with Crippen LogP contribution in [0.5, 0.6) is 0 Å². The second-order valence-electron chi connectivity index (χ2n) is 3.88. The third-order valence-corrected chi connectivity index (χ3v) is 2.73. The molecule has 1 aromatic rings. The summed E-state index contributed by atoms with van der Waals surface area (Å²) in [5.41, 5.74) is -0.254. The van der Waals surface area contributed by atoms with E-state index in [1.165, 1.54) is 0 Å². The van der Waals surface area contributed by atoms with Crippen molar-refractivity contribution in [2.45, 2.75) is 19.8 Å². The number of aromatic amines is 1. The standard InChI is InChI=1S/C7H10N4O2/c1-7(2)3(4(7)6(12)13)5-8-10-11-9-5/h3-4H,1-2H3,(H,12,13)(H,8,9,10,11). The Hall–Kier alpha value is -1.46. The molecule has 0 bridgehead atoms. The number of nitrogens with zero attached hydrogens (tertiary/aromatic N) is 3. The van der Waals surface area contributed by atoms with Crippen LogP contribution in [0.4, 0.5) is 0 Å². The fourth-order valence-electron chi connectivity index (χ4n) is 1.88. The van der Waals surface area contributed by atoms with Gasteiger partial charge in [0.25, 0.3) is 0 Å². The Labute approximate surface area is 74.3 Å². The summed E-state index contributed by atoms with van der Waals surface area (Å²) in [4.78, 5) is 10.8. The molecule has 6 nitrogen and oxygen atoms in total. The van der Waals surface area contributed by atoms with E-state index in [9.17, 15) is 4.79 Å². The number of H-pyrrole nitrogens is 1. The van der Waals surface area contributed by atoms with Crippen molar-refractivity contribution in [3.05, 3.63) is 5.82 Å². The average molecular weight is 182 g/mol. The maximum Gasteiger partial charge on any atom is 0.307 e. The molecule has 6 heteroatoms. The summed E-state index contributed by atoms with van der Waals surface area (Å²) in [6, 6.07) is 0. The van der Waals surface area contributed by atoms with Crippen molar-refractivity contribution in [2.75, 3.05) is 0 Å². The number of hydrogen-bond donors (Lipinski definition) is 2. The number of carboxylic acids is 1. The van der Waals surface area contributed by atoms with Crippen LogP contribution in [0.25, 0.3) is 0 Å². The zero-order chi connectivity index (χ0) is 9.64. The molecule has 1 heterocycles. The van der Waals surface area contributed by atoms with Gasteiger partial charge in [0.2, 0.25) is 0 Å². The van der Waals surface area contributed by atoms with Crippen LogP contribution in [0.2, 0.25) is 0 Å². The fraction of sp³-hybridized carbons (Fsp3) is 0.714. The van der Waals surface area contributed by atoms with Crippen LogP contribution in [0.15, 0.2) is 0 Å². The molecule has 1 fully saturated rings. The number of carbonyl (C=O) groups is 1. The lowest BCUT2D eigenvalue weighted by Crippen LogP contribution is -2.03. The van der Waals surface area contributed by atoms with E-state index < -0.39 is 5.97 Å². The monoisotopic (exact) mass is 182 g/mol. The Morgan fingerprint density at radius 2 is 2.31 bits per heavy atom. The number of nitrogens with one attached hydrogen (secondary N) is 1. The molecular weight excluding hydrogens is 172 g/mol. The average Bonchev–Trinajstić information content (AvgIpc) is 2.50. The quantitative estimate of drug-likeness (QED) is 0.672. The van der Waals surface area contributed by atoms with Crippen molar-refractivity contribution in [2.24, 2.45) is 11.3 Å². The van der Waals surface area contributed by atoms with Crippen molar-refractivity contribution in [1.29, 1.82) is 0 Å². The minimum Gasteiger partial charge on any atom is -0.481 e. The van der Waals surface area contributed by atoms with Gasteiger partial charge in [0.15, 0.2) is 5.82 Å². The molecule has 1 saturated carbocycles. The minimum absolute atomic E-state index is 0.108. The van der Waals surface area contributed by atoms with Crippen LogP contribution in [0, 0.1) is 11.3 Å². The van der Waals surface area contributed by atoms with Gasteiger partial charge in [-0.1, -0.05) is 19.1 Å². The zero-order valence-electron chi connectivity index (χ0n) is 7.35. The SMILES string of the molecule is CC1(C)C(C(=O)O)C1c1nn[nH]n1. The van der Waals surface area contributed by atoms with Crippen LogP contribution in [0.3, 0.4) is 0 Å². The molecule has 1 aromatic heterocycles. The first-order chi connectivity index (χ1) is 6.05. The summed E-state index contributed by atoms with van der Waals surface area (Å²) in [5.74, 6) is -0.786. The first-order valence-electron chi connectivity index (χ1n) is 4.01. The van der Waals surface area contributed by atoms with Crippen LogP contribution in [-0.4, -0.2) is 31.7 Å². The Bertz CT molecular complexity index is 332. The number of aromatic nitrogens is 4. The van der Waals surface area contributed by atoms with E-state index in [0.29, 0.717) is 5.82 Å². The second kappa shape index (κ2) is 2.27. The minimum atomic E-state index is -0.792. The lowest BCUT2D eigenvalue weighted by Gasteiger charge is -1.96. The summed E-state index contributed by atoms with van der Waals surface area (Å²) >= 11 is 0. The van der Waals surface area contributed by atoms with Crippen molar-refractivity contribution < 1.29 is 9.90 Å². The lowest BCUT2D eigenvalue weighted by atomic mass is 10.1. The highest BCUT2D eigenvalue weighted by Gasteiger charge is 2.64. The molecule has 0 amide bonds. The van der Waals surface area contributed by atoms with Crippen LogP contribution < -0.4 is 0 Å². The topological polar surface area (TPSA) is 91.8 Å². The Morgan fingerprint density at radius 1 is 1.62 bits per heavy atom. The Morgan fingerprint density at radius 3 is 2.69 bits per heavy atom. The van der Waals surface area contributed by atoms with Gasteiger partial charge >= 0.3 is 5.97 Å². The number of carboxylic acid groups (broad SMARTS) is 1. The van der Waals surface area contributed by atoms with Gasteiger partial charge in [0.1, 0.15) is 0 Å². The molecule has 2 rings (SSSR count). The lowest BCUT2D eigenvalue weighted by molar-refractivity contribution is -0.139. The highest BCUT2D eigenvalue weighted by Crippen LogP contribution is 2.63. The molecule has 0 saturated heterocycles. The summed E-state index contributed by atoms with van der Waals surface area (Å²) in [5, 5.41) is 22.2. The van der Waals surface area contributed by atoms with E-state index >= 15 is 0 Å². The van der Waals surface area contributed by atoms with Gasteiger partial charge in [-0.25, -0.2) is 0 Å². The van der Waals surface area contributed by atoms with E-state index in [4.69, 9.17) is 5.11 Å². The van der Waals surface area contributed by atoms with Crippen molar-refractivity contribution in [3.8, 4) is 0 Å². The summed E-state index contributed by atoms with van der Waals surface area (Å²) in [6.07, 6.45) is 0. The summed E-state index contributed by atoms with van der Waals surface area (Å²) < 4.78 is 0. The number of aliphatic carboxylic acids is 1. The van der Waals surface area contributed by atoms with Crippen molar-refractivity contribution in [3.63, 3.8) is 0 Å². The van der Waals surface area contributed by atoms with Gasteiger partial charge in [-0.2, -0.15) is 5.21 Å². The molecule has 70 valence electrons. The molecular formula is C7H10N4O2. The van der Waals surface area contributed by atoms with Gasteiger partial charge < -0.3 is 5.11 Å². The van der Waals surface area contributed by atoms with E-state index in [-0.39, 0.29) is 17.3 Å². The second-order valence-corrected chi connectivity index (χ2v) is 3.88. The predicted molar refractivity (Wildman–Crippen MR) is 41.8 cm³/mol. The fourth-order valence-corrected chi connectivity index (χ4v) is 1.88. The Balaban J connectivity index is 2.25. The molecule has 2 N–H and O–H groups in total. The maximum absolute atomic E-state index is 10.8. The third kappa shape index (κ3) is 1.01. The molecule has 0 spiro atoms. The van der Waals surface area contributed by atoms with E-state index in [2.05, 4.69) is 20.6 Å². The molecule has 0 aromatic carbocycles. The first kappa shape index (κ1) is 8.15. The predicted octanol–water partition coefficient (Wildman–Crippen LogP) is 0.0239. The molecule has 0 aliphatic heterocycles. The molecule has 2 atom stereocenters. The molecule has 0 radical (unpaired) electrons. The number of rotatable bonds is 2. The zero-order valence-corrected chi connectivity index (χ0v) is 7.35. The molecule has 1 aliphatic rings. The number of hydrogen-bond acceptors (Lipinski definition) is 4. The summed E-state index contributed by atoms with van der Waals surface area (Å²) in [6.45, 7) is 3.79. The first-order valence-corrected chi connectivity index (χ1v) is 4.01. The van der Waals surface area contributed by atoms with Crippen molar-refractivity contribution in [1.82, 2.24) is 20.6 Å². The van der Waals surface area contributed by atoms with Gasteiger partial charge in [0.05, 0.1) is 5.92 Å². The number of tetrazole rings is 1. The van der Waals surface area contributed by atoms with Crippen LogP contribution in [0.1, 0.15) is 25.6 Å². The van der Waals surface area contributed by atoms with E-state index in [1.807, 2.05) is 13.8 Å². The molecule has 13 heavy (non-hydrogen) atoms. The van der Waals surface area contributed by atoms with Gasteiger partial charge in [-0.3, -0.25) is 4.79 Å². The van der Waals surface area contributed by atoms with Crippen LogP contribution in [-0.2, 0) is 4.79 Å². The third-order valence-electron chi connectivity index (χ3n) is 2.73. The van der Waals surface area contributed by atoms with Gasteiger partial charge in [-0.15, -0.1) is 10.2 Å². The van der Waals surface area contributed by atoms with E-state index in [0.717, 1.165) is 0 Å². The smallest absolute Gasteiger partial charge is 0.307 e. The van der Waals surface area contributed by atoms with Gasteiger partial charge in [-0.05, 0) is 5.41 Å².